The van der Waals surface area contributed by atoms with Gasteiger partial charge in [0.2, 0.25) is 0 Å². The largest absolute Gasteiger partial charge is 0.506 e. The fourth-order valence-corrected chi connectivity index (χ4v) is 3.72. The van der Waals surface area contributed by atoms with Gasteiger partial charge < -0.3 is 9.84 Å². The number of hydrogen-bond acceptors (Lipinski definition) is 4. The van der Waals surface area contributed by atoms with Crippen molar-refractivity contribution in [2.75, 3.05) is 6.61 Å². The summed E-state index contributed by atoms with van der Waals surface area (Å²) in [7, 11) is 0. The molecule has 5 heteroatoms. The number of carbonyl (C=O) groups is 2. The number of halogens is 1. The van der Waals surface area contributed by atoms with E-state index in [0.29, 0.717) is 45.5 Å². The first-order valence-electron chi connectivity index (χ1n) is 6.99. The van der Waals surface area contributed by atoms with E-state index in [1.165, 1.54) is 0 Å². The van der Waals surface area contributed by atoms with Crippen LogP contribution < -0.4 is 4.74 Å². The molecule has 0 radical (unpaired) electrons. The second-order valence-electron chi connectivity index (χ2n) is 5.38. The first-order valence-corrected chi connectivity index (χ1v) is 7.79. The Bertz CT molecular complexity index is 854. The van der Waals surface area contributed by atoms with Crippen molar-refractivity contribution in [1.82, 2.24) is 0 Å². The average molecular weight is 359 g/mol. The Balaban J connectivity index is 2.11. The third-order valence-electron chi connectivity index (χ3n) is 4.16. The van der Waals surface area contributed by atoms with E-state index in [4.69, 9.17) is 4.74 Å². The Labute approximate surface area is 134 Å². The van der Waals surface area contributed by atoms with Crippen molar-refractivity contribution in [2.24, 2.45) is 0 Å². The Morgan fingerprint density at radius 3 is 2.36 bits per heavy atom. The smallest absolute Gasteiger partial charge is 0.198 e. The summed E-state index contributed by atoms with van der Waals surface area (Å²) in [5.41, 5.74) is 1.80. The molecule has 0 saturated carbocycles. The predicted molar refractivity (Wildman–Crippen MR) is 82.9 cm³/mol. The van der Waals surface area contributed by atoms with Gasteiger partial charge in [0.25, 0.3) is 0 Å². The minimum atomic E-state index is -0.322. The van der Waals surface area contributed by atoms with Crippen molar-refractivity contribution >= 4 is 27.5 Å². The molecule has 0 aromatic heterocycles. The van der Waals surface area contributed by atoms with Gasteiger partial charge in [-0.2, -0.15) is 0 Å². The average Bonchev–Trinajstić information content (AvgIpc) is 2.56. The lowest BCUT2D eigenvalue weighted by molar-refractivity contribution is 0.0974. The first-order chi connectivity index (χ1) is 10.6. The zero-order chi connectivity index (χ0) is 15.4. The molecular weight excluding hydrogens is 348 g/mol. The van der Waals surface area contributed by atoms with Gasteiger partial charge in [-0.3, -0.25) is 9.59 Å². The third kappa shape index (κ3) is 1.63. The Morgan fingerprint density at radius 1 is 1.05 bits per heavy atom. The van der Waals surface area contributed by atoms with Crippen LogP contribution in [0.15, 0.2) is 28.7 Å². The molecule has 110 valence electrons. The summed E-state index contributed by atoms with van der Waals surface area (Å²) >= 11 is 3.29. The van der Waals surface area contributed by atoms with E-state index in [0.717, 1.165) is 6.42 Å². The normalized spacial score (nSPS) is 15.7. The van der Waals surface area contributed by atoms with E-state index in [9.17, 15) is 14.7 Å². The third-order valence-corrected chi connectivity index (χ3v) is 4.89. The summed E-state index contributed by atoms with van der Waals surface area (Å²) in [6.45, 7) is 0.530. The summed E-state index contributed by atoms with van der Waals surface area (Å²) in [5, 5.41) is 10.4. The lowest BCUT2D eigenvalue weighted by atomic mass is 9.80. The van der Waals surface area contributed by atoms with Gasteiger partial charge in [-0.05, 0) is 28.8 Å². The summed E-state index contributed by atoms with van der Waals surface area (Å²) in [5.74, 6) is -0.293. The maximum absolute atomic E-state index is 12.9. The molecule has 1 aliphatic carbocycles. The molecule has 0 bridgehead atoms. The van der Waals surface area contributed by atoms with E-state index < -0.39 is 0 Å². The van der Waals surface area contributed by atoms with Crippen molar-refractivity contribution in [3.8, 4) is 11.5 Å². The highest BCUT2D eigenvalue weighted by molar-refractivity contribution is 9.10. The highest BCUT2D eigenvalue weighted by atomic mass is 79.9. The fourth-order valence-electron chi connectivity index (χ4n) is 3.16. The SMILES string of the molecule is O=C1c2ccccc2C(=O)c2c3c(c(Br)c(O)c21)OCCC3. The molecule has 4 nitrogen and oxygen atoms in total. The van der Waals surface area contributed by atoms with E-state index in [1.54, 1.807) is 24.3 Å². The number of ether oxygens (including phenoxy) is 1. The Morgan fingerprint density at radius 2 is 1.68 bits per heavy atom. The molecule has 1 heterocycles. The second-order valence-corrected chi connectivity index (χ2v) is 6.17. The van der Waals surface area contributed by atoms with Crippen molar-refractivity contribution in [3.63, 3.8) is 0 Å². The van der Waals surface area contributed by atoms with Crippen molar-refractivity contribution in [2.45, 2.75) is 12.8 Å². The maximum Gasteiger partial charge on any atom is 0.198 e. The van der Waals surface area contributed by atoms with E-state index in [-0.39, 0.29) is 22.9 Å². The van der Waals surface area contributed by atoms with Crippen molar-refractivity contribution < 1.29 is 19.4 Å². The number of benzene rings is 2. The number of fused-ring (bicyclic) bond motifs is 4. The number of aromatic hydroxyl groups is 1. The van der Waals surface area contributed by atoms with Gasteiger partial charge in [0.1, 0.15) is 16.0 Å². The van der Waals surface area contributed by atoms with Crippen molar-refractivity contribution in [1.29, 1.82) is 0 Å². The minimum Gasteiger partial charge on any atom is -0.506 e. The fraction of sp³-hybridized carbons (Fsp3) is 0.176. The van der Waals surface area contributed by atoms with Crippen molar-refractivity contribution in [3.05, 3.63) is 56.6 Å². The number of phenols is 1. The molecule has 0 saturated heterocycles. The zero-order valence-electron chi connectivity index (χ0n) is 11.5. The molecule has 1 N–H and O–H groups in total. The zero-order valence-corrected chi connectivity index (χ0v) is 13.1. The Hall–Kier alpha value is -2.14. The van der Waals surface area contributed by atoms with Gasteiger partial charge in [-0.1, -0.05) is 24.3 Å². The topological polar surface area (TPSA) is 63.6 Å². The van der Waals surface area contributed by atoms with Crippen LogP contribution in [-0.2, 0) is 6.42 Å². The van der Waals surface area contributed by atoms with Crippen LogP contribution in [0.5, 0.6) is 11.5 Å². The lowest BCUT2D eigenvalue weighted by Crippen LogP contribution is -2.25. The molecule has 0 fully saturated rings. The number of carbonyl (C=O) groups excluding carboxylic acids is 2. The van der Waals surface area contributed by atoms with Crippen LogP contribution >= 0.6 is 15.9 Å². The molecule has 0 unspecified atom stereocenters. The van der Waals surface area contributed by atoms with Gasteiger partial charge in [0, 0.05) is 22.3 Å². The highest BCUT2D eigenvalue weighted by Crippen LogP contribution is 2.47. The number of rotatable bonds is 0. The second kappa shape index (κ2) is 4.68. The summed E-state index contributed by atoms with van der Waals surface area (Å²) in [4.78, 5) is 25.6. The van der Waals surface area contributed by atoms with Gasteiger partial charge in [0.05, 0.1) is 12.2 Å². The quantitative estimate of drug-likeness (QED) is 0.669. The predicted octanol–water partition coefficient (Wildman–Crippen LogP) is 3.26. The number of ketones is 2. The summed E-state index contributed by atoms with van der Waals surface area (Å²) in [6.07, 6.45) is 1.43. The standard InChI is InChI=1S/C17H11BrO4/c18-13-16(21)12-11(10-6-3-7-22-17(10)13)14(19)8-4-1-2-5-9(8)15(12)20/h1-2,4-5,21H,3,6-7H2. The van der Waals surface area contributed by atoms with Crippen LogP contribution in [0.2, 0.25) is 0 Å². The molecule has 2 aromatic rings. The van der Waals surface area contributed by atoms with Gasteiger partial charge in [0.15, 0.2) is 11.6 Å². The minimum absolute atomic E-state index is 0.0832. The Kier molecular flexibility index (Phi) is 2.87. The molecule has 2 aliphatic rings. The van der Waals surface area contributed by atoms with Gasteiger partial charge in [-0.25, -0.2) is 0 Å². The van der Waals surface area contributed by atoms with E-state index in [2.05, 4.69) is 15.9 Å². The molecule has 0 spiro atoms. The van der Waals surface area contributed by atoms with Crippen LogP contribution in [0, 0.1) is 0 Å². The summed E-state index contributed by atoms with van der Waals surface area (Å²) in [6, 6.07) is 6.70. The van der Waals surface area contributed by atoms with E-state index in [1.807, 2.05) is 0 Å². The number of hydrogen-bond donors (Lipinski definition) is 1. The van der Waals surface area contributed by atoms with Crippen LogP contribution in [0.4, 0.5) is 0 Å². The lowest BCUT2D eigenvalue weighted by Gasteiger charge is -2.27. The monoisotopic (exact) mass is 358 g/mol. The van der Waals surface area contributed by atoms with Crippen LogP contribution in [0.3, 0.4) is 0 Å². The van der Waals surface area contributed by atoms with Crippen LogP contribution in [0.1, 0.15) is 43.8 Å². The maximum atomic E-state index is 12.9. The molecule has 22 heavy (non-hydrogen) atoms. The van der Waals surface area contributed by atoms with Gasteiger partial charge >= 0.3 is 0 Å². The molecular formula is C17H11BrO4. The molecule has 4 rings (SSSR count). The van der Waals surface area contributed by atoms with Crippen LogP contribution in [-0.4, -0.2) is 23.3 Å². The molecule has 0 atom stereocenters. The number of phenolic OH excluding ortho intramolecular Hbond substituents is 1. The van der Waals surface area contributed by atoms with Crippen LogP contribution in [0.25, 0.3) is 0 Å². The van der Waals surface area contributed by atoms with E-state index >= 15 is 0 Å². The molecule has 1 aliphatic heterocycles. The van der Waals surface area contributed by atoms with Gasteiger partial charge in [-0.15, -0.1) is 0 Å². The summed E-state index contributed by atoms with van der Waals surface area (Å²) < 4.78 is 5.95. The highest BCUT2D eigenvalue weighted by Gasteiger charge is 2.37. The molecule has 2 aromatic carbocycles. The molecule has 0 amide bonds. The first kappa shape index (κ1) is 13.5.